The molecule has 0 spiro atoms. The number of nitrogens with one attached hydrogen (secondary N) is 1. The Balaban J connectivity index is 1.50. The number of thiazole rings is 1. The highest BCUT2D eigenvalue weighted by Crippen LogP contribution is 2.51. The molecule has 13 heavy (non-hydrogen) atoms. The lowest BCUT2D eigenvalue weighted by atomic mass is 10.2. The van der Waals surface area contributed by atoms with Gasteiger partial charge in [0.25, 0.3) is 0 Å². The molecule has 2 fully saturated rings. The van der Waals surface area contributed by atoms with Crippen molar-refractivity contribution in [1.29, 1.82) is 0 Å². The third-order valence-electron chi connectivity index (χ3n) is 3.41. The van der Waals surface area contributed by atoms with Crippen LogP contribution >= 0.6 is 11.3 Å². The van der Waals surface area contributed by atoms with Gasteiger partial charge in [-0.05, 0) is 24.7 Å². The number of fused-ring (bicyclic) bond motifs is 1. The van der Waals surface area contributed by atoms with Crippen LogP contribution in [-0.4, -0.2) is 11.0 Å². The lowest BCUT2D eigenvalue weighted by Gasteiger charge is -2.03. The summed E-state index contributed by atoms with van der Waals surface area (Å²) in [5.41, 5.74) is 3.11. The Morgan fingerprint density at radius 1 is 1.46 bits per heavy atom. The summed E-state index contributed by atoms with van der Waals surface area (Å²) >= 11 is 1.68. The maximum atomic E-state index is 4.27. The molecule has 3 rings (SSSR count). The van der Waals surface area contributed by atoms with E-state index in [2.05, 4.69) is 15.7 Å². The Hall–Kier alpha value is -0.410. The minimum atomic E-state index is 0.829. The van der Waals surface area contributed by atoms with Crippen molar-refractivity contribution in [3.8, 4) is 0 Å². The zero-order valence-electron chi connectivity index (χ0n) is 7.57. The predicted octanol–water partition coefficient (Wildman–Crippen LogP) is 2.03. The second kappa shape index (κ2) is 3.07. The van der Waals surface area contributed by atoms with E-state index in [1.807, 2.05) is 5.51 Å². The van der Waals surface area contributed by atoms with Crippen molar-refractivity contribution in [1.82, 2.24) is 10.3 Å². The van der Waals surface area contributed by atoms with Crippen molar-refractivity contribution in [3.63, 3.8) is 0 Å². The van der Waals surface area contributed by atoms with E-state index in [0.29, 0.717) is 0 Å². The molecule has 0 radical (unpaired) electrons. The van der Waals surface area contributed by atoms with Gasteiger partial charge in [-0.15, -0.1) is 11.3 Å². The molecule has 0 aliphatic heterocycles. The molecular formula is C10H14N2S. The van der Waals surface area contributed by atoms with Gasteiger partial charge in [-0.2, -0.15) is 0 Å². The third kappa shape index (κ3) is 1.40. The molecule has 2 aliphatic rings. The highest BCUT2D eigenvalue weighted by atomic mass is 32.1. The van der Waals surface area contributed by atoms with E-state index in [9.17, 15) is 0 Å². The Morgan fingerprint density at radius 3 is 3.00 bits per heavy atom. The molecule has 0 saturated heterocycles. The number of nitrogens with zero attached hydrogens (tertiary/aromatic N) is 1. The van der Waals surface area contributed by atoms with Crippen LogP contribution < -0.4 is 5.32 Å². The SMILES string of the molecule is c1nc(CNC2C3CCCC32)cs1. The molecule has 2 saturated carbocycles. The van der Waals surface area contributed by atoms with E-state index in [-0.39, 0.29) is 0 Å². The first-order valence-corrected chi connectivity index (χ1v) is 6.00. The van der Waals surface area contributed by atoms with Gasteiger partial charge in [0.1, 0.15) is 0 Å². The van der Waals surface area contributed by atoms with Crippen LogP contribution in [0.2, 0.25) is 0 Å². The molecule has 2 unspecified atom stereocenters. The Labute approximate surface area is 82.4 Å². The van der Waals surface area contributed by atoms with Crippen LogP contribution in [0.4, 0.5) is 0 Å². The van der Waals surface area contributed by atoms with Crippen LogP contribution in [-0.2, 0) is 6.54 Å². The summed E-state index contributed by atoms with van der Waals surface area (Å²) in [6.07, 6.45) is 4.38. The first-order chi connectivity index (χ1) is 6.45. The zero-order chi connectivity index (χ0) is 8.67. The van der Waals surface area contributed by atoms with Crippen molar-refractivity contribution >= 4 is 11.3 Å². The van der Waals surface area contributed by atoms with Crippen molar-refractivity contribution in [2.45, 2.75) is 31.8 Å². The van der Waals surface area contributed by atoms with Gasteiger partial charge in [-0.1, -0.05) is 6.42 Å². The Bertz CT molecular complexity index is 273. The summed E-state index contributed by atoms with van der Waals surface area (Å²) in [6.45, 7) is 0.973. The summed E-state index contributed by atoms with van der Waals surface area (Å²) in [5.74, 6) is 2.03. The zero-order valence-corrected chi connectivity index (χ0v) is 8.39. The van der Waals surface area contributed by atoms with E-state index in [1.54, 1.807) is 11.3 Å². The van der Waals surface area contributed by atoms with Gasteiger partial charge >= 0.3 is 0 Å². The number of hydrogen-bond acceptors (Lipinski definition) is 3. The lowest BCUT2D eigenvalue weighted by Crippen LogP contribution is -2.20. The fraction of sp³-hybridized carbons (Fsp3) is 0.700. The van der Waals surface area contributed by atoms with Crippen LogP contribution in [0.25, 0.3) is 0 Å². The molecule has 1 aromatic heterocycles. The molecule has 2 aliphatic carbocycles. The first kappa shape index (κ1) is 7.94. The minimum absolute atomic E-state index is 0.829. The molecule has 70 valence electrons. The molecule has 3 heteroatoms. The highest BCUT2D eigenvalue weighted by molar-refractivity contribution is 7.07. The van der Waals surface area contributed by atoms with Gasteiger partial charge in [0.2, 0.25) is 0 Å². The van der Waals surface area contributed by atoms with E-state index in [0.717, 1.165) is 24.4 Å². The molecule has 1 heterocycles. The third-order valence-corrected chi connectivity index (χ3v) is 4.04. The smallest absolute Gasteiger partial charge is 0.0795 e. The summed E-state index contributed by atoms with van der Waals surface area (Å²) < 4.78 is 0. The maximum Gasteiger partial charge on any atom is 0.0795 e. The van der Waals surface area contributed by atoms with Crippen LogP contribution in [0.1, 0.15) is 25.0 Å². The van der Waals surface area contributed by atoms with Gasteiger partial charge in [0.05, 0.1) is 11.2 Å². The first-order valence-electron chi connectivity index (χ1n) is 5.05. The Kier molecular flexibility index (Phi) is 1.87. The molecule has 0 aromatic carbocycles. The fourth-order valence-corrected chi connectivity index (χ4v) is 3.23. The number of aromatic nitrogens is 1. The number of hydrogen-bond donors (Lipinski definition) is 1. The summed E-state index contributed by atoms with van der Waals surface area (Å²) in [6, 6.07) is 0.829. The van der Waals surface area contributed by atoms with Gasteiger partial charge in [-0.3, -0.25) is 0 Å². The van der Waals surface area contributed by atoms with Crippen LogP contribution in [0.15, 0.2) is 10.9 Å². The standard InChI is InChI=1S/C10H14N2S/c1-2-8-9(3-1)10(8)11-4-7-5-13-6-12-7/h5-6,8-11H,1-4H2. The molecule has 1 aromatic rings. The van der Waals surface area contributed by atoms with Gasteiger partial charge in [0, 0.05) is 18.0 Å². The summed E-state index contributed by atoms with van der Waals surface area (Å²) in [5, 5.41) is 5.74. The normalized spacial score (nSPS) is 36.2. The Morgan fingerprint density at radius 2 is 2.31 bits per heavy atom. The van der Waals surface area contributed by atoms with E-state index in [1.165, 1.54) is 25.0 Å². The van der Waals surface area contributed by atoms with Crippen LogP contribution in [0, 0.1) is 11.8 Å². The van der Waals surface area contributed by atoms with Gasteiger partial charge in [0.15, 0.2) is 0 Å². The van der Waals surface area contributed by atoms with Crippen molar-refractivity contribution < 1.29 is 0 Å². The second-order valence-electron chi connectivity index (χ2n) is 4.15. The molecule has 1 N–H and O–H groups in total. The maximum absolute atomic E-state index is 4.27. The van der Waals surface area contributed by atoms with Gasteiger partial charge in [-0.25, -0.2) is 4.98 Å². The molecule has 2 nitrogen and oxygen atoms in total. The second-order valence-corrected chi connectivity index (χ2v) is 4.86. The fourth-order valence-electron chi connectivity index (χ4n) is 2.67. The van der Waals surface area contributed by atoms with E-state index < -0.39 is 0 Å². The average molecular weight is 194 g/mol. The van der Waals surface area contributed by atoms with Crippen molar-refractivity contribution in [2.24, 2.45) is 11.8 Å². The minimum Gasteiger partial charge on any atom is -0.308 e. The van der Waals surface area contributed by atoms with Crippen molar-refractivity contribution in [2.75, 3.05) is 0 Å². The summed E-state index contributed by atoms with van der Waals surface area (Å²) in [4.78, 5) is 4.27. The molecule has 2 atom stereocenters. The monoisotopic (exact) mass is 194 g/mol. The van der Waals surface area contributed by atoms with Crippen LogP contribution in [0.3, 0.4) is 0 Å². The number of rotatable bonds is 3. The van der Waals surface area contributed by atoms with E-state index in [4.69, 9.17) is 0 Å². The highest BCUT2D eigenvalue weighted by Gasteiger charge is 2.51. The van der Waals surface area contributed by atoms with Crippen LogP contribution in [0.5, 0.6) is 0 Å². The van der Waals surface area contributed by atoms with Crippen molar-refractivity contribution in [3.05, 3.63) is 16.6 Å². The van der Waals surface area contributed by atoms with E-state index >= 15 is 0 Å². The topological polar surface area (TPSA) is 24.9 Å². The quantitative estimate of drug-likeness (QED) is 0.796. The van der Waals surface area contributed by atoms with Gasteiger partial charge < -0.3 is 5.32 Å². The molecule has 0 bridgehead atoms. The summed E-state index contributed by atoms with van der Waals surface area (Å²) in [7, 11) is 0. The predicted molar refractivity (Wildman–Crippen MR) is 53.6 cm³/mol. The molecule has 0 amide bonds. The molecular weight excluding hydrogens is 180 g/mol. The average Bonchev–Trinajstić information content (AvgIpc) is 2.68. The lowest BCUT2D eigenvalue weighted by molar-refractivity contribution is 0.556. The largest absolute Gasteiger partial charge is 0.308 e.